The predicted molar refractivity (Wildman–Crippen MR) is 125 cm³/mol. The number of amides is 4. The molecule has 1 unspecified atom stereocenters. The molecule has 0 bridgehead atoms. The summed E-state index contributed by atoms with van der Waals surface area (Å²) in [6.45, 7) is 3.45. The number of halogens is 1. The fraction of sp³-hybridized carbons (Fsp3) is 0.130. The molecule has 1 aliphatic rings. The molecule has 0 spiro atoms. The fourth-order valence-electron chi connectivity index (χ4n) is 3.81. The number of nitrogens with one attached hydrogen (secondary N) is 2. The molecule has 3 heterocycles. The molecule has 1 fully saturated rings. The summed E-state index contributed by atoms with van der Waals surface area (Å²) >= 11 is 7.53. The lowest BCUT2D eigenvalue weighted by molar-refractivity contribution is -0.132. The average molecular weight is 480 g/mol. The molecule has 5 rings (SSSR count). The van der Waals surface area contributed by atoms with Gasteiger partial charge in [-0.2, -0.15) is 10.1 Å². The molecule has 1 aliphatic heterocycles. The van der Waals surface area contributed by atoms with E-state index in [1.807, 2.05) is 31.2 Å². The molecular weight excluding hydrogens is 462 g/mol. The van der Waals surface area contributed by atoms with Crippen LogP contribution in [0.5, 0.6) is 0 Å². The third-order valence-corrected chi connectivity index (χ3v) is 7.03. The number of rotatable bonds is 4. The maximum absolute atomic E-state index is 13.1. The summed E-state index contributed by atoms with van der Waals surface area (Å²) in [6.07, 6.45) is 0. The number of para-hydroxylation sites is 1. The van der Waals surface area contributed by atoms with Gasteiger partial charge in [0.2, 0.25) is 0 Å². The summed E-state index contributed by atoms with van der Waals surface area (Å²) < 4.78 is 1.69. The fourth-order valence-corrected chi connectivity index (χ4v) is 5.09. The highest BCUT2D eigenvalue weighted by Crippen LogP contribution is 2.33. The van der Waals surface area contributed by atoms with Crippen LogP contribution in [0.4, 0.5) is 4.79 Å². The van der Waals surface area contributed by atoms with Gasteiger partial charge < -0.3 is 5.32 Å². The van der Waals surface area contributed by atoms with Crippen molar-refractivity contribution >= 4 is 51.0 Å². The summed E-state index contributed by atoms with van der Waals surface area (Å²) in [5.74, 6) is -1.13. The molecular formula is C23H18ClN5O3S. The van der Waals surface area contributed by atoms with Gasteiger partial charge in [-0.3, -0.25) is 15.0 Å². The van der Waals surface area contributed by atoms with Crippen LogP contribution in [0.2, 0.25) is 5.02 Å². The molecule has 4 amide bonds. The third-order valence-electron chi connectivity index (χ3n) is 5.60. The van der Waals surface area contributed by atoms with Gasteiger partial charge in [0, 0.05) is 5.39 Å². The van der Waals surface area contributed by atoms with Crippen LogP contribution in [0.3, 0.4) is 0 Å². The highest BCUT2D eigenvalue weighted by Gasteiger charge is 2.50. The van der Waals surface area contributed by atoms with Crippen molar-refractivity contribution in [2.75, 3.05) is 0 Å². The van der Waals surface area contributed by atoms with Crippen molar-refractivity contribution in [3.05, 3.63) is 81.8 Å². The Morgan fingerprint density at radius 2 is 1.82 bits per heavy atom. The number of benzene rings is 2. The lowest BCUT2D eigenvalue weighted by Crippen LogP contribution is -2.47. The van der Waals surface area contributed by atoms with Crippen molar-refractivity contribution in [1.29, 1.82) is 0 Å². The molecule has 2 aromatic heterocycles. The summed E-state index contributed by atoms with van der Waals surface area (Å²) in [4.78, 5) is 39.7. The van der Waals surface area contributed by atoms with Crippen LogP contribution in [0.25, 0.3) is 15.9 Å². The first-order chi connectivity index (χ1) is 15.8. The standard InChI is InChI=1S/C23H18ClN5O3S/c1-13-15-12-18(33-20(15)28(26-13)17-11-7-6-10-16(17)24)19(30)27-29-21(31)23(2,25-22(29)32)14-8-4-3-5-9-14/h3-12H,1-2H3,(H,25,32)(H,27,30). The Kier molecular flexibility index (Phi) is 4.95. The number of hydrogen-bond acceptors (Lipinski definition) is 5. The Hall–Kier alpha value is -3.69. The minimum atomic E-state index is -1.27. The normalized spacial score (nSPS) is 18.1. The zero-order valence-corrected chi connectivity index (χ0v) is 19.2. The molecule has 10 heteroatoms. The van der Waals surface area contributed by atoms with Gasteiger partial charge in [-0.15, -0.1) is 11.3 Å². The van der Waals surface area contributed by atoms with E-state index in [0.29, 0.717) is 21.2 Å². The maximum atomic E-state index is 13.1. The van der Waals surface area contributed by atoms with Crippen LogP contribution < -0.4 is 10.7 Å². The lowest BCUT2D eigenvalue weighted by Gasteiger charge is -2.21. The van der Waals surface area contributed by atoms with Gasteiger partial charge in [0.15, 0.2) is 0 Å². The van der Waals surface area contributed by atoms with Crippen molar-refractivity contribution in [3.8, 4) is 5.69 Å². The molecule has 1 atom stereocenters. The molecule has 0 radical (unpaired) electrons. The van der Waals surface area contributed by atoms with E-state index in [2.05, 4.69) is 15.8 Å². The molecule has 2 N–H and O–H groups in total. The number of hydrazine groups is 1. The van der Waals surface area contributed by atoms with E-state index < -0.39 is 23.4 Å². The van der Waals surface area contributed by atoms with Crippen LogP contribution in [-0.4, -0.2) is 32.6 Å². The monoisotopic (exact) mass is 479 g/mol. The van der Waals surface area contributed by atoms with Gasteiger partial charge in [-0.05, 0) is 37.6 Å². The first kappa shape index (κ1) is 21.2. The van der Waals surface area contributed by atoms with E-state index in [4.69, 9.17) is 11.6 Å². The van der Waals surface area contributed by atoms with Crippen molar-refractivity contribution in [2.24, 2.45) is 0 Å². The zero-order valence-electron chi connectivity index (χ0n) is 17.6. The van der Waals surface area contributed by atoms with Crippen molar-refractivity contribution < 1.29 is 14.4 Å². The summed E-state index contributed by atoms with van der Waals surface area (Å²) in [5.41, 5.74) is 3.22. The van der Waals surface area contributed by atoms with E-state index in [-0.39, 0.29) is 0 Å². The molecule has 8 nitrogen and oxygen atoms in total. The first-order valence-corrected chi connectivity index (χ1v) is 11.3. The number of hydrogen-bond donors (Lipinski definition) is 2. The van der Waals surface area contributed by atoms with Gasteiger partial charge in [0.05, 0.1) is 21.3 Å². The lowest BCUT2D eigenvalue weighted by atomic mass is 9.92. The van der Waals surface area contributed by atoms with E-state index in [9.17, 15) is 14.4 Å². The average Bonchev–Trinajstić information content (AvgIpc) is 3.44. The van der Waals surface area contributed by atoms with Crippen molar-refractivity contribution in [3.63, 3.8) is 0 Å². The number of aromatic nitrogens is 2. The smallest absolute Gasteiger partial charge is 0.318 e. The second-order valence-electron chi connectivity index (χ2n) is 7.78. The van der Waals surface area contributed by atoms with Crippen molar-refractivity contribution in [2.45, 2.75) is 19.4 Å². The number of fused-ring (bicyclic) bond motifs is 1. The van der Waals surface area contributed by atoms with Gasteiger partial charge in [0.1, 0.15) is 10.4 Å². The van der Waals surface area contributed by atoms with E-state index >= 15 is 0 Å². The highest BCUT2D eigenvalue weighted by molar-refractivity contribution is 7.20. The van der Waals surface area contributed by atoms with Gasteiger partial charge in [-0.25, -0.2) is 9.48 Å². The van der Waals surface area contributed by atoms with Gasteiger partial charge >= 0.3 is 6.03 Å². The molecule has 166 valence electrons. The zero-order chi connectivity index (χ0) is 23.3. The Balaban J connectivity index is 1.44. The second-order valence-corrected chi connectivity index (χ2v) is 9.22. The summed E-state index contributed by atoms with van der Waals surface area (Å²) in [5, 5.41) is 9.26. The Morgan fingerprint density at radius 1 is 1.12 bits per heavy atom. The molecule has 1 saturated heterocycles. The number of thiophene rings is 1. The Labute approximate surface area is 197 Å². The highest BCUT2D eigenvalue weighted by atomic mass is 35.5. The third kappa shape index (κ3) is 3.37. The number of nitrogens with zero attached hydrogens (tertiary/aromatic N) is 3. The second kappa shape index (κ2) is 7.72. The summed E-state index contributed by atoms with van der Waals surface area (Å²) in [6, 6.07) is 17.2. The molecule has 33 heavy (non-hydrogen) atoms. The Bertz CT molecular complexity index is 1430. The van der Waals surface area contributed by atoms with Gasteiger partial charge in [-0.1, -0.05) is 54.1 Å². The van der Waals surface area contributed by atoms with Crippen LogP contribution in [0.15, 0.2) is 60.7 Å². The first-order valence-electron chi connectivity index (χ1n) is 10.1. The quantitative estimate of drug-likeness (QED) is 0.429. The predicted octanol–water partition coefficient (Wildman–Crippen LogP) is 4.16. The maximum Gasteiger partial charge on any atom is 0.344 e. The molecule has 0 saturated carbocycles. The number of aryl methyl sites for hydroxylation is 1. The largest absolute Gasteiger partial charge is 0.344 e. The molecule has 0 aliphatic carbocycles. The van der Waals surface area contributed by atoms with Gasteiger partial charge in [0.25, 0.3) is 11.8 Å². The topological polar surface area (TPSA) is 96.3 Å². The minimum absolute atomic E-state index is 0.334. The van der Waals surface area contributed by atoms with E-state index in [1.54, 1.807) is 48.0 Å². The number of carbonyl (C=O) groups is 3. The minimum Gasteiger partial charge on any atom is -0.318 e. The SMILES string of the molecule is Cc1nn(-c2ccccc2Cl)c2sc(C(=O)NN3C(=O)NC(C)(c4ccccc4)C3=O)cc12. The van der Waals surface area contributed by atoms with Crippen molar-refractivity contribution in [1.82, 2.24) is 25.5 Å². The van der Waals surface area contributed by atoms with E-state index in [1.165, 1.54) is 11.3 Å². The summed E-state index contributed by atoms with van der Waals surface area (Å²) in [7, 11) is 0. The number of imide groups is 1. The number of carbonyl (C=O) groups excluding carboxylic acids is 3. The molecule has 4 aromatic rings. The Morgan fingerprint density at radius 3 is 2.55 bits per heavy atom. The van der Waals surface area contributed by atoms with E-state index in [0.717, 1.165) is 20.9 Å². The molecule has 2 aromatic carbocycles. The van der Waals surface area contributed by atoms with Crippen LogP contribution >= 0.6 is 22.9 Å². The number of urea groups is 1. The van der Waals surface area contributed by atoms with Crippen LogP contribution in [0, 0.1) is 6.92 Å². The van der Waals surface area contributed by atoms with Crippen LogP contribution in [-0.2, 0) is 10.3 Å². The van der Waals surface area contributed by atoms with Crippen LogP contribution in [0.1, 0.15) is 27.9 Å².